The van der Waals surface area contributed by atoms with Crippen molar-refractivity contribution in [2.75, 3.05) is 6.61 Å². The minimum atomic E-state index is -0.587. The smallest absolute Gasteiger partial charge is 0.122 e. The molecule has 31 heavy (non-hydrogen) atoms. The maximum atomic E-state index is 10.6. The first kappa shape index (κ1) is 22.8. The molecule has 0 heterocycles. The van der Waals surface area contributed by atoms with E-state index in [1.165, 1.54) is 5.56 Å². The molecule has 3 nitrogen and oxygen atoms in total. The van der Waals surface area contributed by atoms with Crippen LogP contribution in [0.15, 0.2) is 84.9 Å². The fourth-order valence-electron chi connectivity index (χ4n) is 3.55. The fourth-order valence-corrected chi connectivity index (χ4v) is 3.55. The third kappa shape index (κ3) is 7.39. The predicted octanol–water partition coefficient (Wildman–Crippen LogP) is 5.76. The minimum Gasteiger partial charge on any atom is -0.493 e. The Bertz CT molecular complexity index is 949. The Morgan fingerprint density at radius 3 is 2.48 bits per heavy atom. The third-order valence-electron chi connectivity index (χ3n) is 5.24. The van der Waals surface area contributed by atoms with Gasteiger partial charge in [0.15, 0.2) is 0 Å². The zero-order chi connectivity index (χ0) is 21.9. The van der Waals surface area contributed by atoms with Gasteiger partial charge in [-0.15, -0.1) is 0 Å². The van der Waals surface area contributed by atoms with Crippen LogP contribution >= 0.6 is 0 Å². The van der Waals surface area contributed by atoms with Crippen molar-refractivity contribution in [3.8, 4) is 5.75 Å². The molecular weight excluding hydrogens is 384 g/mol. The summed E-state index contributed by atoms with van der Waals surface area (Å²) >= 11 is 0. The number of para-hydroxylation sites is 1. The van der Waals surface area contributed by atoms with E-state index in [2.05, 4.69) is 13.0 Å². The van der Waals surface area contributed by atoms with Crippen molar-refractivity contribution < 1.29 is 14.9 Å². The molecule has 162 valence electrons. The lowest BCUT2D eigenvalue weighted by molar-refractivity contribution is 0.178. The van der Waals surface area contributed by atoms with Crippen LogP contribution in [0.3, 0.4) is 0 Å². The summed E-state index contributed by atoms with van der Waals surface area (Å²) in [7, 11) is 0. The Morgan fingerprint density at radius 2 is 1.68 bits per heavy atom. The first-order valence-corrected chi connectivity index (χ1v) is 11.0. The molecule has 0 aliphatic rings. The van der Waals surface area contributed by atoms with Crippen LogP contribution in [0, 0.1) is 0 Å². The minimum absolute atomic E-state index is 0.460. The van der Waals surface area contributed by atoms with E-state index < -0.39 is 12.2 Å². The van der Waals surface area contributed by atoms with Crippen LogP contribution in [0.25, 0.3) is 6.08 Å². The van der Waals surface area contributed by atoms with E-state index in [0.29, 0.717) is 19.4 Å². The van der Waals surface area contributed by atoms with Crippen LogP contribution in [0.1, 0.15) is 48.1 Å². The molecular formula is C28H32O3. The molecule has 0 bridgehead atoms. The van der Waals surface area contributed by atoms with E-state index in [-0.39, 0.29) is 0 Å². The maximum absolute atomic E-state index is 10.6. The summed E-state index contributed by atoms with van der Waals surface area (Å²) in [6, 6.07) is 25.9. The molecule has 0 aliphatic carbocycles. The average Bonchev–Trinajstić information content (AvgIpc) is 2.80. The standard InChI is InChI=1S/C28H32O3/c1-2-9-24-13-6-7-15-28(24)31-19-18-26(29)17-16-23-12-8-14-25(20-23)27(30)21-22-10-4-3-5-11-22/h3-8,10-17,20,26-27,29-30H,2,9,18-19,21H2,1H3/b17-16+/t26-,27+/m0/s1. The summed E-state index contributed by atoms with van der Waals surface area (Å²) in [4.78, 5) is 0. The van der Waals surface area contributed by atoms with E-state index in [4.69, 9.17) is 4.74 Å². The first-order chi connectivity index (χ1) is 15.2. The van der Waals surface area contributed by atoms with Crippen LogP contribution in [0.4, 0.5) is 0 Å². The van der Waals surface area contributed by atoms with Gasteiger partial charge in [-0.25, -0.2) is 0 Å². The second-order valence-electron chi connectivity index (χ2n) is 7.80. The summed E-state index contributed by atoms with van der Waals surface area (Å²) in [5.41, 5.74) is 4.14. The molecule has 0 spiro atoms. The van der Waals surface area contributed by atoms with Crippen molar-refractivity contribution in [1.29, 1.82) is 0 Å². The highest BCUT2D eigenvalue weighted by Crippen LogP contribution is 2.21. The molecule has 0 unspecified atom stereocenters. The van der Waals surface area contributed by atoms with Gasteiger partial charge >= 0.3 is 0 Å². The molecule has 0 fully saturated rings. The summed E-state index contributed by atoms with van der Waals surface area (Å²) < 4.78 is 5.89. The maximum Gasteiger partial charge on any atom is 0.122 e. The predicted molar refractivity (Wildman–Crippen MR) is 127 cm³/mol. The fraction of sp³-hybridized carbons (Fsp3) is 0.286. The van der Waals surface area contributed by atoms with Crippen LogP contribution in [0.2, 0.25) is 0 Å². The highest BCUT2D eigenvalue weighted by Gasteiger charge is 2.09. The van der Waals surface area contributed by atoms with Crippen LogP contribution in [-0.4, -0.2) is 22.9 Å². The number of aliphatic hydroxyl groups is 2. The lowest BCUT2D eigenvalue weighted by Crippen LogP contribution is -2.09. The van der Waals surface area contributed by atoms with E-state index in [1.54, 1.807) is 6.08 Å². The Morgan fingerprint density at radius 1 is 0.903 bits per heavy atom. The third-order valence-corrected chi connectivity index (χ3v) is 5.24. The molecule has 0 radical (unpaired) electrons. The van der Waals surface area contributed by atoms with Crippen molar-refractivity contribution in [3.63, 3.8) is 0 Å². The molecule has 0 saturated heterocycles. The number of rotatable bonds is 11. The quantitative estimate of drug-likeness (QED) is 0.418. The molecule has 3 aromatic carbocycles. The Balaban J connectivity index is 1.51. The molecule has 0 aromatic heterocycles. The van der Waals surface area contributed by atoms with Gasteiger partial charge in [0.2, 0.25) is 0 Å². The van der Waals surface area contributed by atoms with E-state index in [0.717, 1.165) is 35.3 Å². The molecule has 0 saturated carbocycles. The van der Waals surface area contributed by atoms with Crippen molar-refractivity contribution in [3.05, 3.63) is 107 Å². The summed E-state index contributed by atoms with van der Waals surface area (Å²) in [5.74, 6) is 0.903. The lowest BCUT2D eigenvalue weighted by atomic mass is 9.99. The van der Waals surface area contributed by atoms with Gasteiger partial charge in [0.1, 0.15) is 5.75 Å². The molecule has 3 aromatic rings. The second-order valence-corrected chi connectivity index (χ2v) is 7.80. The molecule has 0 aliphatic heterocycles. The second kappa shape index (κ2) is 12.1. The van der Waals surface area contributed by atoms with E-state index >= 15 is 0 Å². The SMILES string of the molecule is CCCc1ccccc1OCC[C@@H](O)/C=C/c1cccc([C@H](O)Cc2ccccc2)c1. The molecule has 3 heteroatoms. The van der Waals surface area contributed by atoms with Crippen molar-refractivity contribution in [2.24, 2.45) is 0 Å². The van der Waals surface area contributed by atoms with E-state index in [1.807, 2.05) is 78.9 Å². The average molecular weight is 417 g/mol. The number of ether oxygens (including phenoxy) is 1. The van der Waals surface area contributed by atoms with Gasteiger partial charge in [-0.05, 0) is 40.8 Å². The number of aliphatic hydroxyl groups excluding tert-OH is 2. The van der Waals surface area contributed by atoms with Gasteiger partial charge in [-0.1, -0.05) is 92.2 Å². The number of hydrogen-bond donors (Lipinski definition) is 2. The number of aryl methyl sites for hydroxylation is 1. The molecule has 2 N–H and O–H groups in total. The summed E-state index contributed by atoms with van der Waals surface area (Å²) in [6.45, 7) is 2.61. The number of hydrogen-bond acceptors (Lipinski definition) is 3. The van der Waals surface area contributed by atoms with Crippen molar-refractivity contribution in [2.45, 2.75) is 44.8 Å². The van der Waals surface area contributed by atoms with Crippen molar-refractivity contribution in [1.82, 2.24) is 0 Å². The Kier molecular flexibility index (Phi) is 8.89. The van der Waals surface area contributed by atoms with Gasteiger partial charge in [0, 0.05) is 12.8 Å². The van der Waals surface area contributed by atoms with Crippen LogP contribution in [-0.2, 0) is 12.8 Å². The van der Waals surface area contributed by atoms with Gasteiger partial charge in [-0.3, -0.25) is 0 Å². The summed E-state index contributed by atoms with van der Waals surface area (Å²) in [5, 5.41) is 20.9. The Labute approximate surface area is 185 Å². The Hall–Kier alpha value is -2.88. The van der Waals surface area contributed by atoms with Gasteiger partial charge in [-0.2, -0.15) is 0 Å². The first-order valence-electron chi connectivity index (χ1n) is 11.0. The highest BCUT2D eigenvalue weighted by molar-refractivity contribution is 5.51. The molecule has 3 rings (SSSR count). The highest BCUT2D eigenvalue weighted by atomic mass is 16.5. The van der Waals surface area contributed by atoms with Gasteiger partial charge < -0.3 is 14.9 Å². The normalized spacial score (nSPS) is 13.3. The van der Waals surface area contributed by atoms with Crippen molar-refractivity contribution >= 4 is 6.08 Å². The van der Waals surface area contributed by atoms with Crippen LogP contribution < -0.4 is 4.74 Å². The molecule has 2 atom stereocenters. The van der Waals surface area contributed by atoms with Gasteiger partial charge in [0.05, 0.1) is 18.8 Å². The monoisotopic (exact) mass is 416 g/mol. The summed E-state index contributed by atoms with van der Waals surface area (Å²) in [6.07, 6.45) is 5.70. The topological polar surface area (TPSA) is 49.7 Å². The van der Waals surface area contributed by atoms with Gasteiger partial charge in [0.25, 0.3) is 0 Å². The lowest BCUT2D eigenvalue weighted by Gasteiger charge is -2.13. The van der Waals surface area contributed by atoms with Crippen LogP contribution in [0.5, 0.6) is 5.75 Å². The largest absolute Gasteiger partial charge is 0.493 e. The van der Waals surface area contributed by atoms with E-state index in [9.17, 15) is 10.2 Å². The number of benzene rings is 3. The zero-order valence-corrected chi connectivity index (χ0v) is 18.2. The zero-order valence-electron chi connectivity index (χ0n) is 18.2. The molecule has 0 amide bonds.